The summed E-state index contributed by atoms with van der Waals surface area (Å²) < 4.78 is 26.7. The molecule has 0 bridgehead atoms. The SMILES string of the molecule is C/C(=N\NC(=O)c1cccc(S(=O)(=O)N2CCCC2)c1)c1ccc([N+](=O)[O-])cc1. The lowest BCUT2D eigenvalue weighted by molar-refractivity contribution is -0.384. The van der Waals surface area contributed by atoms with Gasteiger partial charge in [-0.1, -0.05) is 6.07 Å². The van der Waals surface area contributed by atoms with Gasteiger partial charge in [0.2, 0.25) is 10.0 Å². The van der Waals surface area contributed by atoms with Gasteiger partial charge in [-0.3, -0.25) is 14.9 Å². The fourth-order valence-corrected chi connectivity index (χ4v) is 4.53. The van der Waals surface area contributed by atoms with E-state index in [1.807, 2.05) is 0 Å². The topological polar surface area (TPSA) is 122 Å². The molecule has 1 heterocycles. The molecular weight excluding hydrogens is 396 g/mol. The van der Waals surface area contributed by atoms with Crippen LogP contribution in [0.5, 0.6) is 0 Å². The summed E-state index contributed by atoms with van der Waals surface area (Å²) in [6, 6.07) is 11.6. The van der Waals surface area contributed by atoms with Crippen molar-refractivity contribution < 1.29 is 18.1 Å². The van der Waals surface area contributed by atoms with Crippen LogP contribution in [-0.2, 0) is 10.0 Å². The Morgan fingerprint density at radius 3 is 2.38 bits per heavy atom. The van der Waals surface area contributed by atoms with Gasteiger partial charge in [-0.2, -0.15) is 9.41 Å². The van der Waals surface area contributed by atoms with Crippen LogP contribution in [0.1, 0.15) is 35.7 Å². The number of nitrogens with one attached hydrogen (secondary N) is 1. The van der Waals surface area contributed by atoms with Gasteiger partial charge in [0.25, 0.3) is 11.6 Å². The molecule has 3 rings (SSSR count). The number of benzene rings is 2. The second-order valence-electron chi connectivity index (χ2n) is 6.58. The average Bonchev–Trinajstić information content (AvgIpc) is 3.27. The number of sulfonamides is 1. The summed E-state index contributed by atoms with van der Waals surface area (Å²) in [6.45, 7) is 2.62. The van der Waals surface area contributed by atoms with Crippen LogP contribution in [0.25, 0.3) is 0 Å². The van der Waals surface area contributed by atoms with E-state index < -0.39 is 20.9 Å². The number of hydrogen-bond acceptors (Lipinski definition) is 6. The summed E-state index contributed by atoms with van der Waals surface area (Å²) in [5, 5.41) is 14.7. The number of nitrogens with zero attached hydrogens (tertiary/aromatic N) is 3. The molecule has 0 unspecified atom stereocenters. The number of nitro groups is 1. The van der Waals surface area contributed by atoms with Crippen LogP contribution in [0, 0.1) is 10.1 Å². The summed E-state index contributed by atoms with van der Waals surface area (Å²) in [5.41, 5.74) is 3.59. The Balaban J connectivity index is 1.73. The summed E-state index contributed by atoms with van der Waals surface area (Å²) in [5.74, 6) is -0.551. The van der Waals surface area contributed by atoms with Crippen molar-refractivity contribution in [2.24, 2.45) is 5.10 Å². The smallest absolute Gasteiger partial charge is 0.267 e. The molecule has 1 aliphatic heterocycles. The minimum Gasteiger partial charge on any atom is -0.267 e. The van der Waals surface area contributed by atoms with Crippen LogP contribution in [0.15, 0.2) is 58.5 Å². The summed E-state index contributed by atoms with van der Waals surface area (Å²) in [6.07, 6.45) is 1.66. The van der Waals surface area contributed by atoms with E-state index in [1.165, 1.54) is 52.8 Å². The van der Waals surface area contributed by atoms with Crippen molar-refractivity contribution in [3.05, 3.63) is 69.8 Å². The van der Waals surface area contributed by atoms with Gasteiger partial charge in [-0.25, -0.2) is 13.8 Å². The van der Waals surface area contributed by atoms with Gasteiger partial charge in [0.05, 0.1) is 15.5 Å². The average molecular weight is 416 g/mol. The highest BCUT2D eigenvalue weighted by Crippen LogP contribution is 2.21. The summed E-state index contributed by atoms with van der Waals surface area (Å²) in [4.78, 5) is 22.7. The third-order valence-corrected chi connectivity index (χ3v) is 6.51. The highest BCUT2D eigenvalue weighted by molar-refractivity contribution is 7.89. The lowest BCUT2D eigenvalue weighted by Crippen LogP contribution is -2.28. The third kappa shape index (κ3) is 4.66. The molecule has 0 spiro atoms. The quantitative estimate of drug-likeness (QED) is 0.440. The van der Waals surface area contributed by atoms with Gasteiger partial charge in [0.15, 0.2) is 0 Å². The Labute approximate surface area is 168 Å². The molecule has 2 aromatic carbocycles. The minimum atomic E-state index is -3.62. The monoisotopic (exact) mass is 416 g/mol. The lowest BCUT2D eigenvalue weighted by atomic mass is 10.1. The largest absolute Gasteiger partial charge is 0.271 e. The first-order valence-electron chi connectivity index (χ1n) is 8.99. The zero-order valence-electron chi connectivity index (χ0n) is 15.7. The van der Waals surface area contributed by atoms with Crippen LogP contribution >= 0.6 is 0 Å². The maximum absolute atomic E-state index is 12.7. The molecule has 0 aromatic heterocycles. The molecule has 0 radical (unpaired) electrons. The van der Waals surface area contributed by atoms with Gasteiger partial charge in [-0.15, -0.1) is 0 Å². The van der Waals surface area contributed by atoms with E-state index in [-0.39, 0.29) is 16.1 Å². The predicted molar refractivity (Wildman–Crippen MR) is 107 cm³/mol. The maximum Gasteiger partial charge on any atom is 0.271 e. The number of rotatable bonds is 6. The second kappa shape index (κ2) is 8.50. The van der Waals surface area contributed by atoms with Crippen LogP contribution in [0.4, 0.5) is 5.69 Å². The van der Waals surface area contributed by atoms with Crippen LogP contribution in [0.2, 0.25) is 0 Å². The number of nitro benzene ring substituents is 1. The van der Waals surface area contributed by atoms with E-state index in [9.17, 15) is 23.3 Å². The van der Waals surface area contributed by atoms with Crippen LogP contribution in [0.3, 0.4) is 0 Å². The first kappa shape index (κ1) is 20.6. The minimum absolute atomic E-state index is 0.0402. The van der Waals surface area contributed by atoms with Crippen LogP contribution < -0.4 is 5.43 Å². The fraction of sp³-hybridized carbons (Fsp3) is 0.263. The number of hydrogen-bond donors (Lipinski definition) is 1. The molecule has 1 saturated heterocycles. The maximum atomic E-state index is 12.7. The van der Waals surface area contributed by atoms with E-state index in [0.717, 1.165) is 12.8 Å². The van der Waals surface area contributed by atoms with Crippen molar-refractivity contribution in [2.75, 3.05) is 13.1 Å². The van der Waals surface area contributed by atoms with Crippen molar-refractivity contribution in [1.82, 2.24) is 9.73 Å². The molecule has 1 amide bonds. The van der Waals surface area contributed by atoms with Gasteiger partial charge in [-0.05, 0) is 55.7 Å². The molecule has 1 aliphatic rings. The Morgan fingerprint density at radius 2 is 1.76 bits per heavy atom. The van der Waals surface area contributed by atoms with Crippen molar-refractivity contribution in [2.45, 2.75) is 24.7 Å². The first-order valence-corrected chi connectivity index (χ1v) is 10.4. The molecule has 10 heteroatoms. The number of carbonyl (C=O) groups excluding carboxylic acids is 1. The third-order valence-electron chi connectivity index (χ3n) is 4.62. The highest BCUT2D eigenvalue weighted by atomic mass is 32.2. The normalized spacial score (nSPS) is 15.3. The molecule has 1 fully saturated rings. The highest BCUT2D eigenvalue weighted by Gasteiger charge is 2.27. The summed E-state index contributed by atoms with van der Waals surface area (Å²) >= 11 is 0. The van der Waals surface area contributed by atoms with Gasteiger partial charge in [0.1, 0.15) is 0 Å². The Bertz CT molecular complexity index is 1060. The van der Waals surface area contributed by atoms with E-state index in [0.29, 0.717) is 24.4 Å². The van der Waals surface area contributed by atoms with Gasteiger partial charge in [0, 0.05) is 30.8 Å². The molecule has 0 aliphatic carbocycles. The molecule has 0 saturated carbocycles. The van der Waals surface area contributed by atoms with E-state index in [4.69, 9.17) is 0 Å². The molecule has 29 heavy (non-hydrogen) atoms. The number of amides is 1. The van der Waals surface area contributed by atoms with Gasteiger partial charge < -0.3 is 0 Å². The van der Waals surface area contributed by atoms with E-state index in [1.54, 1.807) is 6.92 Å². The Morgan fingerprint density at radius 1 is 1.10 bits per heavy atom. The van der Waals surface area contributed by atoms with Crippen LogP contribution in [-0.4, -0.2) is 42.4 Å². The van der Waals surface area contributed by atoms with Crippen molar-refractivity contribution in [3.63, 3.8) is 0 Å². The van der Waals surface area contributed by atoms with Crippen molar-refractivity contribution >= 4 is 27.3 Å². The Hall–Kier alpha value is -3.11. The number of non-ortho nitro benzene ring substituents is 1. The fourth-order valence-electron chi connectivity index (χ4n) is 2.96. The molecular formula is C19H20N4O5S. The van der Waals surface area contributed by atoms with Crippen molar-refractivity contribution in [1.29, 1.82) is 0 Å². The Kier molecular flexibility index (Phi) is 6.04. The molecule has 2 aromatic rings. The van der Waals surface area contributed by atoms with E-state index in [2.05, 4.69) is 10.5 Å². The predicted octanol–water partition coefficient (Wildman–Crippen LogP) is 2.53. The second-order valence-corrected chi connectivity index (χ2v) is 8.52. The van der Waals surface area contributed by atoms with E-state index >= 15 is 0 Å². The number of hydrazone groups is 1. The molecule has 152 valence electrons. The molecule has 9 nitrogen and oxygen atoms in total. The van der Waals surface area contributed by atoms with Crippen molar-refractivity contribution in [3.8, 4) is 0 Å². The molecule has 1 N–H and O–H groups in total. The lowest BCUT2D eigenvalue weighted by Gasteiger charge is -2.15. The zero-order chi connectivity index (χ0) is 21.0. The first-order chi connectivity index (χ1) is 13.8. The van der Waals surface area contributed by atoms with Gasteiger partial charge >= 0.3 is 0 Å². The number of carbonyl (C=O) groups is 1. The molecule has 0 atom stereocenters. The summed E-state index contributed by atoms with van der Waals surface area (Å²) in [7, 11) is -3.62. The standard InChI is InChI=1S/C19H20N4O5S/c1-14(15-7-9-17(10-8-15)23(25)26)20-21-19(24)16-5-4-6-18(13-16)29(27,28)22-11-2-3-12-22/h4-10,13H,2-3,11-12H2,1H3,(H,21,24)/b20-14+. The zero-order valence-corrected chi connectivity index (χ0v) is 16.6.